The monoisotopic (exact) mass is 278 g/mol. The van der Waals surface area contributed by atoms with Crippen molar-refractivity contribution in [3.63, 3.8) is 0 Å². The van der Waals surface area contributed by atoms with Crippen LogP contribution in [0.5, 0.6) is 0 Å². The maximum atomic E-state index is 10.6. The molecule has 5 N–H and O–H groups in total. The number of carbonyl (C=O) groups is 1. The molecule has 0 spiro atoms. The van der Waals surface area contributed by atoms with Gasteiger partial charge < -0.3 is 10.2 Å². The van der Waals surface area contributed by atoms with Crippen LogP contribution in [0.15, 0.2) is 24.3 Å². The number of aliphatic hydroxyl groups excluding tert-OH is 1. The topological polar surface area (TPSA) is 95.6 Å². The fourth-order valence-electron chi connectivity index (χ4n) is 1.77. The highest BCUT2D eigenvalue weighted by molar-refractivity contribution is 5.73. The van der Waals surface area contributed by atoms with Crippen molar-refractivity contribution in [3.05, 3.63) is 35.4 Å². The SMILES string of the molecule is NNC1CC(O)c2ccccc21.O=C(O)C(F)(F)F. The highest BCUT2D eigenvalue weighted by atomic mass is 19.4. The van der Waals surface area contributed by atoms with Gasteiger partial charge in [0.1, 0.15) is 0 Å². The van der Waals surface area contributed by atoms with Crippen LogP contribution in [-0.2, 0) is 4.79 Å². The largest absolute Gasteiger partial charge is 0.490 e. The molecule has 0 saturated heterocycles. The zero-order valence-electron chi connectivity index (χ0n) is 9.69. The lowest BCUT2D eigenvalue weighted by molar-refractivity contribution is -0.192. The smallest absolute Gasteiger partial charge is 0.475 e. The van der Waals surface area contributed by atoms with Crippen LogP contribution < -0.4 is 11.3 Å². The second-order valence-corrected chi connectivity index (χ2v) is 3.90. The summed E-state index contributed by atoms with van der Waals surface area (Å²) >= 11 is 0. The summed E-state index contributed by atoms with van der Waals surface area (Å²) in [5.74, 6) is 2.59. The lowest BCUT2D eigenvalue weighted by Crippen LogP contribution is -2.26. The van der Waals surface area contributed by atoms with Gasteiger partial charge in [-0.05, 0) is 17.5 Å². The van der Waals surface area contributed by atoms with Gasteiger partial charge in [-0.3, -0.25) is 11.3 Å². The van der Waals surface area contributed by atoms with Gasteiger partial charge in [0.2, 0.25) is 0 Å². The summed E-state index contributed by atoms with van der Waals surface area (Å²) in [6.45, 7) is 0. The third kappa shape index (κ3) is 3.91. The van der Waals surface area contributed by atoms with E-state index in [9.17, 15) is 18.3 Å². The molecule has 2 atom stereocenters. The van der Waals surface area contributed by atoms with Gasteiger partial charge in [-0.25, -0.2) is 4.79 Å². The average molecular weight is 278 g/mol. The van der Waals surface area contributed by atoms with Crippen molar-refractivity contribution in [2.45, 2.75) is 24.7 Å². The number of aliphatic carboxylic acids is 1. The van der Waals surface area contributed by atoms with E-state index in [-0.39, 0.29) is 12.1 Å². The summed E-state index contributed by atoms with van der Waals surface area (Å²) < 4.78 is 31.7. The van der Waals surface area contributed by atoms with E-state index in [1.54, 1.807) is 0 Å². The molecule has 0 aromatic heterocycles. The maximum Gasteiger partial charge on any atom is 0.490 e. The zero-order valence-corrected chi connectivity index (χ0v) is 9.69. The van der Waals surface area contributed by atoms with Crippen LogP contribution >= 0.6 is 0 Å². The van der Waals surface area contributed by atoms with Crippen LogP contribution in [0.25, 0.3) is 0 Å². The van der Waals surface area contributed by atoms with Crippen molar-refractivity contribution in [2.24, 2.45) is 5.84 Å². The molecule has 106 valence electrons. The Kier molecular flexibility index (Phi) is 4.87. The Hall–Kier alpha value is -1.64. The second-order valence-electron chi connectivity index (χ2n) is 3.90. The van der Waals surface area contributed by atoms with Crippen molar-refractivity contribution < 1.29 is 28.2 Å². The molecule has 1 aromatic carbocycles. The molecule has 0 radical (unpaired) electrons. The van der Waals surface area contributed by atoms with Gasteiger partial charge in [0, 0.05) is 6.04 Å². The van der Waals surface area contributed by atoms with Crippen LogP contribution in [-0.4, -0.2) is 22.4 Å². The Morgan fingerprint density at radius 3 is 2.21 bits per heavy atom. The predicted molar refractivity (Wildman–Crippen MR) is 59.8 cm³/mol. The van der Waals surface area contributed by atoms with Crippen molar-refractivity contribution in [3.8, 4) is 0 Å². The Labute approximate surface area is 106 Å². The molecule has 8 heteroatoms. The molecule has 2 rings (SSSR count). The van der Waals surface area contributed by atoms with Crippen molar-refractivity contribution in [1.82, 2.24) is 5.43 Å². The molecule has 0 fully saturated rings. The van der Waals surface area contributed by atoms with Crippen LogP contribution in [0, 0.1) is 0 Å². The van der Waals surface area contributed by atoms with Crippen molar-refractivity contribution in [1.29, 1.82) is 0 Å². The fraction of sp³-hybridized carbons (Fsp3) is 0.364. The van der Waals surface area contributed by atoms with E-state index in [1.807, 2.05) is 24.3 Å². The van der Waals surface area contributed by atoms with Gasteiger partial charge in [0.15, 0.2) is 0 Å². The van der Waals surface area contributed by atoms with Gasteiger partial charge >= 0.3 is 12.1 Å². The first kappa shape index (κ1) is 15.4. The number of halogens is 3. The molecule has 0 aliphatic heterocycles. The molecular weight excluding hydrogens is 265 g/mol. The number of hydrazine groups is 1. The molecule has 0 amide bonds. The first-order valence-corrected chi connectivity index (χ1v) is 5.30. The third-order valence-corrected chi connectivity index (χ3v) is 2.63. The maximum absolute atomic E-state index is 10.6. The summed E-state index contributed by atoms with van der Waals surface area (Å²) in [4.78, 5) is 8.90. The van der Waals surface area contributed by atoms with E-state index in [2.05, 4.69) is 5.43 Å². The van der Waals surface area contributed by atoms with Gasteiger partial charge in [-0.15, -0.1) is 0 Å². The van der Waals surface area contributed by atoms with Crippen LogP contribution in [0.4, 0.5) is 13.2 Å². The Balaban J connectivity index is 0.000000224. The molecule has 19 heavy (non-hydrogen) atoms. The van der Waals surface area contributed by atoms with Crippen LogP contribution in [0.3, 0.4) is 0 Å². The number of nitrogens with two attached hydrogens (primary N) is 1. The Bertz CT molecular complexity index is 451. The minimum Gasteiger partial charge on any atom is -0.475 e. The highest BCUT2D eigenvalue weighted by Gasteiger charge is 2.38. The highest BCUT2D eigenvalue weighted by Crippen LogP contribution is 2.37. The number of nitrogens with one attached hydrogen (secondary N) is 1. The number of carboxylic acids is 1. The molecule has 1 aliphatic rings. The molecular formula is C11H13F3N2O3. The van der Waals surface area contributed by atoms with Gasteiger partial charge in [-0.1, -0.05) is 24.3 Å². The lowest BCUT2D eigenvalue weighted by atomic mass is 10.1. The molecule has 5 nitrogen and oxygen atoms in total. The van der Waals surface area contributed by atoms with E-state index < -0.39 is 12.1 Å². The fourth-order valence-corrected chi connectivity index (χ4v) is 1.77. The van der Waals surface area contributed by atoms with E-state index in [4.69, 9.17) is 15.7 Å². The summed E-state index contributed by atoms with van der Waals surface area (Å²) in [7, 11) is 0. The van der Waals surface area contributed by atoms with E-state index in [0.717, 1.165) is 11.1 Å². The van der Waals surface area contributed by atoms with E-state index in [0.29, 0.717) is 6.42 Å². The number of hydrogen-bond donors (Lipinski definition) is 4. The van der Waals surface area contributed by atoms with Crippen molar-refractivity contribution in [2.75, 3.05) is 0 Å². The quantitative estimate of drug-likeness (QED) is 0.458. The number of rotatable bonds is 1. The molecule has 0 saturated carbocycles. The molecule has 0 heterocycles. The first-order chi connectivity index (χ1) is 8.77. The minimum atomic E-state index is -5.08. The lowest BCUT2D eigenvalue weighted by Gasteiger charge is -2.07. The number of hydrogen-bond acceptors (Lipinski definition) is 4. The third-order valence-electron chi connectivity index (χ3n) is 2.63. The standard InChI is InChI=1S/C9H12N2O.C2HF3O2/c10-11-8-5-9(12)7-4-2-1-3-6(7)8;3-2(4,5)1(6)7/h1-4,8-9,11-12H,5,10H2;(H,6,7). The van der Waals surface area contributed by atoms with Gasteiger partial charge in [0.05, 0.1) is 6.10 Å². The van der Waals surface area contributed by atoms with Crippen LogP contribution in [0.2, 0.25) is 0 Å². The minimum absolute atomic E-state index is 0.108. The van der Waals surface area contributed by atoms with Crippen molar-refractivity contribution >= 4 is 5.97 Å². The molecule has 1 aliphatic carbocycles. The van der Waals surface area contributed by atoms with Gasteiger partial charge in [-0.2, -0.15) is 13.2 Å². The van der Waals surface area contributed by atoms with E-state index in [1.165, 1.54) is 0 Å². The normalized spacial score (nSPS) is 21.3. The summed E-state index contributed by atoms with van der Waals surface area (Å²) in [5, 5.41) is 16.7. The van der Waals surface area contributed by atoms with Crippen LogP contribution in [0.1, 0.15) is 29.7 Å². The van der Waals surface area contributed by atoms with Gasteiger partial charge in [0.25, 0.3) is 0 Å². The summed E-state index contributed by atoms with van der Waals surface area (Å²) in [6, 6.07) is 7.94. The number of carboxylic acid groups (broad SMARTS) is 1. The number of benzene rings is 1. The Morgan fingerprint density at radius 2 is 1.79 bits per heavy atom. The first-order valence-electron chi connectivity index (χ1n) is 5.30. The number of aliphatic hydroxyl groups is 1. The summed E-state index contributed by atoms with van der Waals surface area (Å²) in [5.41, 5.74) is 4.81. The predicted octanol–water partition coefficient (Wildman–Crippen LogP) is 1.26. The molecule has 1 aromatic rings. The molecule has 0 bridgehead atoms. The number of fused-ring (bicyclic) bond motifs is 1. The molecule has 2 unspecified atom stereocenters. The Morgan fingerprint density at radius 1 is 1.32 bits per heavy atom. The van der Waals surface area contributed by atoms with E-state index >= 15 is 0 Å². The second kappa shape index (κ2) is 6.00. The summed E-state index contributed by atoms with van der Waals surface area (Å²) in [6.07, 6.45) is -4.77. The zero-order chi connectivity index (χ0) is 14.6. The average Bonchev–Trinajstić information content (AvgIpc) is 2.66. The number of alkyl halides is 3.